The summed E-state index contributed by atoms with van der Waals surface area (Å²) in [6, 6.07) is 7.39. The third kappa shape index (κ3) is 2.79. The van der Waals surface area contributed by atoms with Crippen LogP contribution in [0.25, 0.3) is 0 Å². The molecule has 2 aromatic rings. The van der Waals surface area contributed by atoms with Crippen LogP contribution in [-0.2, 0) is 7.05 Å². The summed E-state index contributed by atoms with van der Waals surface area (Å²) in [6.07, 6.45) is 0. The molecule has 20 heavy (non-hydrogen) atoms. The van der Waals surface area contributed by atoms with Crippen molar-refractivity contribution in [2.75, 3.05) is 5.32 Å². The maximum Gasteiger partial charge on any atom is 0.335 e. The van der Waals surface area contributed by atoms with Crippen molar-refractivity contribution in [1.82, 2.24) is 4.57 Å². The first-order chi connectivity index (χ1) is 9.40. The van der Waals surface area contributed by atoms with Gasteiger partial charge in [-0.2, -0.15) is 0 Å². The number of rotatable bonds is 3. The van der Waals surface area contributed by atoms with Gasteiger partial charge in [0.15, 0.2) is 0 Å². The zero-order valence-corrected chi connectivity index (χ0v) is 11.9. The van der Waals surface area contributed by atoms with Gasteiger partial charge in [0.2, 0.25) is 0 Å². The number of anilines is 1. The number of carbonyl (C=O) groups is 2. The zero-order valence-electron chi connectivity index (χ0n) is 10.4. The average Bonchev–Trinajstić information content (AvgIpc) is 2.67. The van der Waals surface area contributed by atoms with E-state index >= 15 is 0 Å². The number of halogens is 2. The number of carboxylic acids is 1. The third-order valence-corrected chi connectivity index (χ3v) is 3.56. The summed E-state index contributed by atoms with van der Waals surface area (Å²) in [5, 5.41) is 12.0. The number of nitrogens with zero attached hydrogens (tertiary/aromatic N) is 1. The molecule has 104 valence electrons. The molecule has 0 radical (unpaired) electrons. The van der Waals surface area contributed by atoms with Crippen LogP contribution >= 0.6 is 23.2 Å². The number of hydrogen-bond acceptors (Lipinski definition) is 2. The molecule has 0 fully saturated rings. The fraction of sp³-hybridized carbons (Fsp3) is 0.0769. The summed E-state index contributed by atoms with van der Waals surface area (Å²) in [6.45, 7) is 0. The molecule has 0 aliphatic rings. The minimum atomic E-state index is -1.06. The molecule has 0 aliphatic carbocycles. The minimum Gasteiger partial charge on any atom is -0.478 e. The maximum absolute atomic E-state index is 12.1. The Morgan fingerprint density at radius 2 is 1.95 bits per heavy atom. The van der Waals surface area contributed by atoms with Crippen LogP contribution in [0.2, 0.25) is 10.2 Å². The van der Waals surface area contributed by atoms with Crippen LogP contribution in [-0.4, -0.2) is 21.6 Å². The summed E-state index contributed by atoms with van der Waals surface area (Å²) in [7, 11) is 1.61. The van der Waals surface area contributed by atoms with Crippen LogP contribution in [0.5, 0.6) is 0 Å². The number of amides is 1. The van der Waals surface area contributed by atoms with Crippen LogP contribution in [0.15, 0.2) is 30.3 Å². The molecule has 1 heterocycles. The molecule has 0 unspecified atom stereocenters. The van der Waals surface area contributed by atoms with E-state index in [1.165, 1.54) is 22.8 Å². The van der Waals surface area contributed by atoms with Crippen molar-refractivity contribution in [3.63, 3.8) is 0 Å². The second-order valence-electron chi connectivity index (χ2n) is 4.07. The van der Waals surface area contributed by atoms with E-state index in [1.54, 1.807) is 19.2 Å². The Morgan fingerprint density at radius 1 is 1.25 bits per heavy atom. The second kappa shape index (κ2) is 5.56. The summed E-state index contributed by atoms with van der Waals surface area (Å²) in [5.74, 6) is -1.49. The Hall–Kier alpha value is -1.98. The van der Waals surface area contributed by atoms with Gasteiger partial charge in [-0.15, -0.1) is 0 Å². The van der Waals surface area contributed by atoms with Gasteiger partial charge in [-0.3, -0.25) is 4.79 Å². The maximum atomic E-state index is 12.1. The van der Waals surface area contributed by atoms with Gasteiger partial charge in [-0.1, -0.05) is 29.3 Å². The smallest absolute Gasteiger partial charge is 0.335 e. The van der Waals surface area contributed by atoms with Crippen molar-refractivity contribution in [3.8, 4) is 0 Å². The highest BCUT2D eigenvalue weighted by Crippen LogP contribution is 2.25. The highest BCUT2D eigenvalue weighted by molar-refractivity contribution is 6.42. The molecule has 1 aromatic carbocycles. The molecule has 0 saturated carbocycles. The molecule has 0 bridgehead atoms. The molecule has 5 nitrogen and oxygen atoms in total. The number of aromatic carboxylic acids is 1. The lowest BCUT2D eigenvalue weighted by atomic mass is 10.2. The zero-order chi connectivity index (χ0) is 14.9. The van der Waals surface area contributed by atoms with E-state index in [-0.39, 0.29) is 21.4 Å². The van der Waals surface area contributed by atoms with Crippen LogP contribution in [0.4, 0.5) is 5.69 Å². The van der Waals surface area contributed by atoms with Crippen molar-refractivity contribution in [2.45, 2.75) is 0 Å². The van der Waals surface area contributed by atoms with Crippen LogP contribution in [0.3, 0.4) is 0 Å². The number of nitrogens with one attached hydrogen (secondary N) is 1. The van der Waals surface area contributed by atoms with Crippen molar-refractivity contribution >= 4 is 40.8 Å². The molecule has 7 heteroatoms. The first-order valence-electron chi connectivity index (χ1n) is 5.55. The molecular formula is C13H10Cl2N2O3. The van der Waals surface area contributed by atoms with E-state index in [4.69, 9.17) is 28.3 Å². The first-order valence-corrected chi connectivity index (χ1v) is 6.31. The summed E-state index contributed by atoms with van der Waals surface area (Å²) < 4.78 is 1.44. The first kappa shape index (κ1) is 14.4. The van der Waals surface area contributed by atoms with Crippen molar-refractivity contribution in [3.05, 3.63) is 51.8 Å². The van der Waals surface area contributed by atoms with Crippen molar-refractivity contribution in [2.24, 2.45) is 7.05 Å². The lowest BCUT2D eigenvalue weighted by Crippen LogP contribution is -2.15. The Labute approximate surface area is 124 Å². The van der Waals surface area contributed by atoms with Gasteiger partial charge in [0, 0.05) is 12.7 Å². The van der Waals surface area contributed by atoms with Crippen LogP contribution < -0.4 is 5.32 Å². The third-order valence-electron chi connectivity index (χ3n) is 2.72. The monoisotopic (exact) mass is 312 g/mol. The van der Waals surface area contributed by atoms with Gasteiger partial charge in [0.05, 0.1) is 10.6 Å². The van der Waals surface area contributed by atoms with Gasteiger partial charge in [-0.25, -0.2) is 4.79 Å². The number of benzene rings is 1. The van der Waals surface area contributed by atoms with Gasteiger partial charge < -0.3 is 15.0 Å². The van der Waals surface area contributed by atoms with Crippen LogP contribution in [0, 0.1) is 0 Å². The molecule has 0 spiro atoms. The van der Waals surface area contributed by atoms with Gasteiger partial charge in [-0.05, 0) is 24.3 Å². The van der Waals surface area contributed by atoms with Crippen LogP contribution in [0.1, 0.15) is 20.8 Å². The highest BCUT2D eigenvalue weighted by atomic mass is 35.5. The summed E-state index contributed by atoms with van der Waals surface area (Å²) >= 11 is 11.7. The fourth-order valence-electron chi connectivity index (χ4n) is 1.69. The Kier molecular flexibility index (Phi) is 4.01. The Balaban J connectivity index is 2.25. The van der Waals surface area contributed by atoms with Gasteiger partial charge in [0.1, 0.15) is 10.8 Å². The normalized spacial score (nSPS) is 10.3. The minimum absolute atomic E-state index is 0.0887. The van der Waals surface area contributed by atoms with Gasteiger partial charge in [0.25, 0.3) is 5.91 Å². The standard InChI is InChI=1S/C13H10Cl2N2O3/c1-17-10(6-9(14)11(17)15)12(18)16-8-4-2-3-7(5-8)13(19)20/h2-6H,1H3,(H,16,18)(H,19,20). The Bertz CT molecular complexity index is 695. The molecule has 0 saturated heterocycles. The average molecular weight is 313 g/mol. The summed E-state index contributed by atoms with van der Waals surface area (Å²) in [5.41, 5.74) is 0.745. The van der Waals surface area contributed by atoms with E-state index in [2.05, 4.69) is 5.32 Å². The molecular weight excluding hydrogens is 303 g/mol. The van der Waals surface area contributed by atoms with E-state index < -0.39 is 11.9 Å². The van der Waals surface area contributed by atoms with Gasteiger partial charge >= 0.3 is 5.97 Å². The molecule has 2 N–H and O–H groups in total. The highest BCUT2D eigenvalue weighted by Gasteiger charge is 2.16. The van der Waals surface area contributed by atoms with E-state index in [0.717, 1.165) is 0 Å². The predicted octanol–water partition coefficient (Wildman–Crippen LogP) is 3.28. The number of aromatic nitrogens is 1. The van der Waals surface area contributed by atoms with E-state index in [9.17, 15) is 9.59 Å². The fourth-order valence-corrected chi connectivity index (χ4v) is 2.06. The predicted molar refractivity (Wildman–Crippen MR) is 76.8 cm³/mol. The second-order valence-corrected chi connectivity index (χ2v) is 4.83. The molecule has 1 aromatic heterocycles. The summed E-state index contributed by atoms with van der Waals surface area (Å²) in [4.78, 5) is 22.9. The lowest BCUT2D eigenvalue weighted by molar-refractivity contribution is 0.0696. The lowest BCUT2D eigenvalue weighted by Gasteiger charge is -2.07. The van der Waals surface area contributed by atoms with Crippen molar-refractivity contribution in [1.29, 1.82) is 0 Å². The van der Waals surface area contributed by atoms with E-state index in [0.29, 0.717) is 5.69 Å². The molecule has 0 aliphatic heterocycles. The number of hydrogen-bond donors (Lipinski definition) is 2. The molecule has 1 amide bonds. The number of carbonyl (C=O) groups excluding carboxylic acids is 1. The SMILES string of the molecule is Cn1c(C(=O)Nc2cccc(C(=O)O)c2)cc(Cl)c1Cl. The Morgan fingerprint density at radius 3 is 2.50 bits per heavy atom. The molecule has 0 atom stereocenters. The number of carboxylic acid groups (broad SMARTS) is 1. The topological polar surface area (TPSA) is 71.3 Å². The largest absolute Gasteiger partial charge is 0.478 e. The van der Waals surface area contributed by atoms with E-state index in [1.807, 2.05) is 0 Å². The molecule has 2 rings (SSSR count). The quantitative estimate of drug-likeness (QED) is 0.913. The van der Waals surface area contributed by atoms with Crippen molar-refractivity contribution < 1.29 is 14.7 Å².